The first-order chi connectivity index (χ1) is 27.2. The standard InChI is InChI=1S/C53H32N2/c54-33-34-24-26-46-47-27-25-37(30-53(47)55(52(46)28-34)39-16-2-1-3-17-39)36-14-10-15-38(29-36)48-31-50-45-22-9-8-21-44(45)49(32-51(50)43-20-7-6-19-42(43)48)41-23-11-13-35-12-4-5-18-40(35)41/h1-32H. The highest BCUT2D eigenvalue weighted by atomic mass is 15.0. The molecule has 0 atom stereocenters. The van der Waals surface area contributed by atoms with Crippen molar-refractivity contribution in [2.45, 2.75) is 0 Å². The lowest BCUT2D eigenvalue weighted by Gasteiger charge is -2.17. The third kappa shape index (κ3) is 4.88. The van der Waals surface area contributed by atoms with Gasteiger partial charge in [-0.2, -0.15) is 5.26 Å². The van der Waals surface area contributed by atoms with E-state index in [-0.39, 0.29) is 0 Å². The van der Waals surface area contributed by atoms with Crippen LogP contribution in [-0.2, 0) is 0 Å². The molecule has 11 rings (SSSR count). The van der Waals surface area contributed by atoms with Gasteiger partial charge in [0.1, 0.15) is 0 Å². The van der Waals surface area contributed by atoms with Gasteiger partial charge in [0.2, 0.25) is 0 Å². The molecule has 55 heavy (non-hydrogen) atoms. The molecule has 254 valence electrons. The predicted molar refractivity (Wildman–Crippen MR) is 232 cm³/mol. The zero-order chi connectivity index (χ0) is 36.5. The molecular formula is C53H32N2. The van der Waals surface area contributed by atoms with Gasteiger partial charge in [-0.15, -0.1) is 0 Å². The summed E-state index contributed by atoms with van der Waals surface area (Å²) in [5.74, 6) is 0. The minimum absolute atomic E-state index is 0.653. The molecule has 0 fully saturated rings. The fourth-order valence-corrected chi connectivity index (χ4v) is 8.86. The molecule has 0 spiro atoms. The predicted octanol–water partition coefficient (Wildman–Crippen LogP) is 14.3. The lowest BCUT2D eigenvalue weighted by molar-refractivity contribution is 1.18. The first kappa shape index (κ1) is 31.1. The van der Waals surface area contributed by atoms with Crippen molar-refractivity contribution in [3.63, 3.8) is 0 Å². The molecule has 1 heterocycles. The first-order valence-corrected chi connectivity index (χ1v) is 18.7. The molecule has 2 nitrogen and oxygen atoms in total. The summed E-state index contributed by atoms with van der Waals surface area (Å²) in [5.41, 5.74) is 11.1. The molecule has 0 bridgehead atoms. The van der Waals surface area contributed by atoms with Crippen LogP contribution in [0.25, 0.3) is 104 Å². The fraction of sp³-hybridized carbons (Fsp3) is 0. The smallest absolute Gasteiger partial charge is 0.0992 e. The molecule has 0 unspecified atom stereocenters. The highest BCUT2D eigenvalue weighted by Crippen LogP contribution is 2.44. The Labute approximate surface area is 318 Å². The lowest BCUT2D eigenvalue weighted by atomic mass is 9.86. The van der Waals surface area contributed by atoms with E-state index in [0.29, 0.717) is 5.56 Å². The molecule has 0 aliphatic rings. The van der Waals surface area contributed by atoms with Gasteiger partial charge in [0, 0.05) is 16.5 Å². The third-order valence-electron chi connectivity index (χ3n) is 11.4. The monoisotopic (exact) mass is 696 g/mol. The summed E-state index contributed by atoms with van der Waals surface area (Å²) in [7, 11) is 0. The van der Waals surface area contributed by atoms with Crippen molar-refractivity contribution in [1.29, 1.82) is 5.26 Å². The Bertz CT molecular complexity index is 3370. The van der Waals surface area contributed by atoms with E-state index in [2.05, 4.69) is 187 Å². The van der Waals surface area contributed by atoms with Gasteiger partial charge < -0.3 is 4.57 Å². The molecule has 0 aliphatic carbocycles. The minimum atomic E-state index is 0.653. The van der Waals surface area contributed by atoms with Crippen LogP contribution in [0.15, 0.2) is 194 Å². The van der Waals surface area contributed by atoms with Crippen LogP contribution >= 0.6 is 0 Å². The summed E-state index contributed by atoms with van der Waals surface area (Å²) < 4.78 is 2.29. The summed E-state index contributed by atoms with van der Waals surface area (Å²) in [6.07, 6.45) is 0. The number of hydrogen-bond donors (Lipinski definition) is 0. The molecule has 2 heteroatoms. The molecule has 0 aliphatic heterocycles. The van der Waals surface area contributed by atoms with Gasteiger partial charge in [0.05, 0.1) is 22.7 Å². The Balaban J connectivity index is 1.12. The minimum Gasteiger partial charge on any atom is -0.309 e. The zero-order valence-electron chi connectivity index (χ0n) is 29.9. The van der Waals surface area contributed by atoms with Gasteiger partial charge in [-0.1, -0.05) is 146 Å². The maximum Gasteiger partial charge on any atom is 0.0992 e. The highest BCUT2D eigenvalue weighted by Gasteiger charge is 2.17. The van der Waals surface area contributed by atoms with Crippen molar-refractivity contribution in [2.24, 2.45) is 0 Å². The van der Waals surface area contributed by atoms with Crippen molar-refractivity contribution in [3.8, 4) is 45.1 Å². The number of hydrogen-bond acceptors (Lipinski definition) is 1. The normalized spacial score (nSPS) is 11.6. The fourth-order valence-electron chi connectivity index (χ4n) is 8.86. The molecule has 0 saturated carbocycles. The van der Waals surface area contributed by atoms with Crippen LogP contribution in [0, 0.1) is 11.3 Å². The Morgan fingerprint density at radius 2 is 0.891 bits per heavy atom. The van der Waals surface area contributed by atoms with Crippen molar-refractivity contribution in [3.05, 3.63) is 200 Å². The quantitative estimate of drug-likeness (QED) is 0.168. The number of benzene rings is 10. The van der Waals surface area contributed by atoms with Crippen LogP contribution in [0.1, 0.15) is 5.56 Å². The number of para-hydroxylation sites is 1. The molecule has 0 radical (unpaired) electrons. The first-order valence-electron chi connectivity index (χ1n) is 18.7. The number of nitrogens with zero attached hydrogens (tertiary/aromatic N) is 2. The second-order valence-electron chi connectivity index (χ2n) is 14.4. The average molecular weight is 697 g/mol. The van der Waals surface area contributed by atoms with E-state index in [4.69, 9.17) is 0 Å². The van der Waals surface area contributed by atoms with Crippen LogP contribution in [0.3, 0.4) is 0 Å². The molecular weight excluding hydrogens is 665 g/mol. The van der Waals surface area contributed by atoms with Crippen LogP contribution in [0.4, 0.5) is 0 Å². The van der Waals surface area contributed by atoms with E-state index in [0.717, 1.165) is 33.2 Å². The zero-order valence-corrected chi connectivity index (χ0v) is 29.9. The maximum atomic E-state index is 9.76. The van der Waals surface area contributed by atoms with Crippen molar-refractivity contribution < 1.29 is 0 Å². The summed E-state index contributed by atoms with van der Waals surface area (Å²) in [6, 6.07) is 72.4. The Kier molecular flexibility index (Phi) is 6.96. The van der Waals surface area contributed by atoms with Crippen LogP contribution in [0.5, 0.6) is 0 Å². The summed E-state index contributed by atoms with van der Waals surface area (Å²) in [6.45, 7) is 0. The van der Waals surface area contributed by atoms with Crippen molar-refractivity contribution in [1.82, 2.24) is 4.57 Å². The molecule has 0 N–H and O–H groups in total. The van der Waals surface area contributed by atoms with Crippen LogP contribution < -0.4 is 0 Å². The Morgan fingerprint density at radius 1 is 0.327 bits per heavy atom. The summed E-state index contributed by atoms with van der Waals surface area (Å²) >= 11 is 0. The van der Waals surface area contributed by atoms with Crippen LogP contribution in [0.2, 0.25) is 0 Å². The summed E-state index contributed by atoms with van der Waals surface area (Å²) in [5, 5.41) is 22.1. The van der Waals surface area contributed by atoms with E-state index < -0.39 is 0 Å². The Hall–Kier alpha value is -7.47. The third-order valence-corrected chi connectivity index (χ3v) is 11.4. The second-order valence-corrected chi connectivity index (χ2v) is 14.4. The number of nitriles is 1. The lowest BCUT2D eigenvalue weighted by Crippen LogP contribution is -1.94. The second kappa shape index (κ2) is 12.3. The van der Waals surface area contributed by atoms with Gasteiger partial charge in [-0.3, -0.25) is 0 Å². The topological polar surface area (TPSA) is 28.7 Å². The molecule has 11 aromatic rings. The van der Waals surface area contributed by atoms with E-state index in [1.807, 2.05) is 18.2 Å². The molecule has 0 amide bonds. The number of fused-ring (bicyclic) bond motifs is 9. The van der Waals surface area contributed by atoms with Crippen molar-refractivity contribution in [2.75, 3.05) is 0 Å². The van der Waals surface area contributed by atoms with Crippen LogP contribution in [-0.4, -0.2) is 4.57 Å². The van der Waals surface area contributed by atoms with Gasteiger partial charge in [-0.25, -0.2) is 0 Å². The average Bonchev–Trinajstić information content (AvgIpc) is 3.58. The largest absolute Gasteiger partial charge is 0.309 e. The molecule has 1 aromatic heterocycles. The number of aromatic nitrogens is 1. The van der Waals surface area contributed by atoms with Crippen molar-refractivity contribution >= 4 is 64.9 Å². The van der Waals surface area contributed by atoms with Gasteiger partial charge in [-0.05, 0) is 125 Å². The SMILES string of the molecule is N#Cc1ccc2c3ccc(-c4cccc(-c5cc6c7ccccc7c(-c7cccc8ccccc78)cc6c6ccccc56)c4)cc3n(-c3ccccc3)c2c1. The molecule has 0 saturated heterocycles. The Morgan fingerprint density at radius 3 is 1.65 bits per heavy atom. The van der Waals surface area contributed by atoms with Gasteiger partial charge >= 0.3 is 0 Å². The maximum absolute atomic E-state index is 9.76. The van der Waals surface area contributed by atoms with E-state index in [1.165, 1.54) is 70.7 Å². The number of rotatable bonds is 4. The van der Waals surface area contributed by atoms with E-state index in [1.54, 1.807) is 0 Å². The van der Waals surface area contributed by atoms with E-state index >= 15 is 0 Å². The summed E-state index contributed by atoms with van der Waals surface area (Å²) in [4.78, 5) is 0. The highest BCUT2D eigenvalue weighted by molar-refractivity contribution is 6.24. The van der Waals surface area contributed by atoms with Gasteiger partial charge in [0.15, 0.2) is 0 Å². The van der Waals surface area contributed by atoms with E-state index in [9.17, 15) is 5.26 Å². The van der Waals surface area contributed by atoms with Gasteiger partial charge in [0.25, 0.3) is 0 Å². The molecule has 10 aromatic carbocycles.